The zero-order chi connectivity index (χ0) is 14.4. The molecule has 4 nitrogen and oxygen atoms in total. The fourth-order valence-corrected chi connectivity index (χ4v) is 2.23. The van der Waals surface area contributed by atoms with Gasteiger partial charge in [0.05, 0.1) is 5.71 Å². The molecule has 3 N–H and O–H groups in total. The van der Waals surface area contributed by atoms with Crippen molar-refractivity contribution in [3.63, 3.8) is 0 Å². The van der Waals surface area contributed by atoms with Crippen LogP contribution in [0.2, 0.25) is 0 Å². The van der Waals surface area contributed by atoms with Gasteiger partial charge in [-0.15, -0.1) is 0 Å². The Hall–Kier alpha value is -2.14. The lowest BCUT2D eigenvalue weighted by molar-refractivity contribution is 0.249. The minimum atomic E-state index is -0.677. The number of nitrogens with one attached hydrogen (secondary N) is 1. The molecule has 5 heteroatoms. The van der Waals surface area contributed by atoms with Gasteiger partial charge in [-0.3, -0.25) is 0 Å². The highest BCUT2D eigenvalue weighted by atomic mass is 79.9. The van der Waals surface area contributed by atoms with Crippen LogP contribution in [-0.4, -0.2) is 17.1 Å². The molecule has 102 valence electrons. The molecule has 0 aromatic heterocycles. The highest BCUT2D eigenvalue weighted by Gasteiger charge is 2.04. The van der Waals surface area contributed by atoms with Gasteiger partial charge in [-0.25, -0.2) is 10.2 Å². The van der Waals surface area contributed by atoms with Gasteiger partial charge in [0.2, 0.25) is 0 Å². The van der Waals surface area contributed by atoms with Crippen LogP contribution in [0.4, 0.5) is 4.79 Å². The maximum atomic E-state index is 10.7. The Labute approximate surface area is 125 Å². The van der Waals surface area contributed by atoms with Crippen LogP contribution in [0.5, 0.6) is 0 Å². The number of halogens is 1. The van der Waals surface area contributed by atoms with Crippen molar-refractivity contribution in [2.75, 3.05) is 5.33 Å². The third-order valence-corrected chi connectivity index (χ3v) is 3.28. The van der Waals surface area contributed by atoms with Crippen molar-refractivity contribution in [3.8, 4) is 11.1 Å². The predicted molar refractivity (Wildman–Crippen MR) is 84.9 cm³/mol. The Kier molecular flexibility index (Phi) is 4.90. The normalized spacial score (nSPS) is 11.2. The number of nitrogens with zero attached hydrogens (tertiary/aromatic N) is 1. The number of alkyl halides is 1. The SMILES string of the molecule is NC(=O)N/N=C(\CBr)c1ccc(-c2ccccc2)cc1. The summed E-state index contributed by atoms with van der Waals surface area (Å²) in [4.78, 5) is 10.7. The van der Waals surface area contributed by atoms with Crippen molar-refractivity contribution in [2.45, 2.75) is 0 Å². The number of amides is 2. The van der Waals surface area contributed by atoms with Gasteiger partial charge in [0.15, 0.2) is 0 Å². The first-order valence-electron chi connectivity index (χ1n) is 6.04. The molecule has 0 atom stereocenters. The Morgan fingerprint density at radius 3 is 2.20 bits per heavy atom. The highest BCUT2D eigenvalue weighted by Crippen LogP contribution is 2.19. The number of nitrogens with two attached hydrogens (primary N) is 1. The second-order valence-electron chi connectivity index (χ2n) is 4.11. The van der Waals surface area contributed by atoms with Gasteiger partial charge in [0, 0.05) is 5.33 Å². The first-order valence-corrected chi connectivity index (χ1v) is 7.16. The summed E-state index contributed by atoms with van der Waals surface area (Å²) < 4.78 is 0. The number of hydrogen-bond acceptors (Lipinski definition) is 2. The molecule has 0 aliphatic carbocycles. The zero-order valence-electron chi connectivity index (χ0n) is 10.7. The van der Waals surface area contributed by atoms with E-state index in [0.29, 0.717) is 11.0 Å². The van der Waals surface area contributed by atoms with Crippen LogP contribution < -0.4 is 11.2 Å². The maximum Gasteiger partial charge on any atom is 0.332 e. The van der Waals surface area contributed by atoms with Crippen LogP contribution in [0.15, 0.2) is 59.7 Å². The van der Waals surface area contributed by atoms with E-state index in [1.165, 1.54) is 0 Å². The summed E-state index contributed by atoms with van der Waals surface area (Å²) in [5, 5.41) is 4.49. The van der Waals surface area contributed by atoms with Gasteiger partial charge < -0.3 is 5.73 Å². The molecular formula is C15H14BrN3O. The number of rotatable bonds is 4. The fourth-order valence-electron chi connectivity index (χ4n) is 1.78. The van der Waals surface area contributed by atoms with E-state index in [1.54, 1.807) is 0 Å². The molecule has 0 aliphatic heterocycles. The van der Waals surface area contributed by atoms with Gasteiger partial charge in [-0.1, -0.05) is 70.5 Å². The number of benzene rings is 2. The predicted octanol–water partition coefficient (Wildman–Crippen LogP) is 3.12. The van der Waals surface area contributed by atoms with Crippen molar-refractivity contribution in [1.29, 1.82) is 0 Å². The van der Waals surface area contributed by atoms with E-state index in [0.717, 1.165) is 16.7 Å². The quantitative estimate of drug-likeness (QED) is 0.504. The van der Waals surface area contributed by atoms with E-state index >= 15 is 0 Å². The summed E-state index contributed by atoms with van der Waals surface area (Å²) in [5.41, 5.74) is 11.2. The van der Waals surface area contributed by atoms with Gasteiger partial charge in [-0.2, -0.15) is 5.10 Å². The van der Waals surface area contributed by atoms with Gasteiger partial charge in [0.1, 0.15) is 0 Å². The molecule has 0 spiro atoms. The molecule has 20 heavy (non-hydrogen) atoms. The molecule has 2 amide bonds. The Balaban J connectivity index is 2.23. The van der Waals surface area contributed by atoms with Crippen LogP contribution >= 0.6 is 15.9 Å². The van der Waals surface area contributed by atoms with E-state index in [2.05, 4.69) is 38.6 Å². The molecule has 0 fully saturated rings. The Bertz CT molecular complexity index is 609. The van der Waals surface area contributed by atoms with Crippen molar-refractivity contribution < 1.29 is 4.79 Å². The number of urea groups is 1. The molecule has 2 aromatic carbocycles. The van der Waals surface area contributed by atoms with E-state index in [1.807, 2.05) is 42.5 Å². The topological polar surface area (TPSA) is 67.5 Å². The van der Waals surface area contributed by atoms with E-state index in [-0.39, 0.29) is 0 Å². The summed E-state index contributed by atoms with van der Waals surface area (Å²) in [6.07, 6.45) is 0. The van der Waals surface area contributed by atoms with Crippen LogP contribution in [0.1, 0.15) is 5.56 Å². The molecule has 2 rings (SSSR count). The van der Waals surface area contributed by atoms with Crippen LogP contribution in [0, 0.1) is 0 Å². The minimum absolute atomic E-state index is 0.526. The van der Waals surface area contributed by atoms with Gasteiger partial charge in [-0.05, 0) is 16.7 Å². The maximum absolute atomic E-state index is 10.7. The summed E-state index contributed by atoms with van der Waals surface area (Å²) in [7, 11) is 0. The van der Waals surface area contributed by atoms with Gasteiger partial charge >= 0.3 is 6.03 Å². The second kappa shape index (κ2) is 6.86. The number of carbonyl (C=O) groups is 1. The van der Waals surface area contributed by atoms with Gasteiger partial charge in [0.25, 0.3) is 0 Å². The zero-order valence-corrected chi connectivity index (χ0v) is 12.3. The van der Waals surface area contributed by atoms with Crippen LogP contribution in [-0.2, 0) is 0 Å². The number of primary amides is 1. The van der Waals surface area contributed by atoms with Crippen LogP contribution in [0.25, 0.3) is 11.1 Å². The molecule has 2 aromatic rings. The summed E-state index contributed by atoms with van der Waals surface area (Å²) >= 11 is 3.34. The first kappa shape index (κ1) is 14.3. The number of hydrogen-bond donors (Lipinski definition) is 2. The molecule has 0 saturated carbocycles. The third-order valence-electron chi connectivity index (χ3n) is 2.75. The van der Waals surface area contributed by atoms with E-state index in [9.17, 15) is 4.79 Å². The monoisotopic (exact) mass is 331 g/mol. The van der Waals surface area contributed by atoms with Crippen molar-refractivity contribution in [2.24, 2.45) is 10.8 Å². The molecule has 0 heterocycles. The molecular weight excluding hydrogens is 318 g/mol. The molecule has 0 unspecified atom stereocenters. The lowest BCUT2D eigenvalue weighted by Crippen LogP contribution is -2.26. The fraction of sp³-hybridized carbons (Fsp3) is 0.0667. The average molecular weight is 332 g/mol. The molecule has 0 saturated heterocycles. The van der Waals surface area contributed by atoms with Crippen molar-refractivity contribution in [3.05, 3.63) is 60.2 Å². The molecule has 0 radical (unpaired) electrons. The van der Waals surface area contributed by atoms with E-state index < -0.39 is 6.03 Å². The number of carbonyl (C=O) groups excluding carboxylic acids is 1. The van der Waals surface area contributed by atoms with Crippen molar-refractivity contribution in [1.82, 2.24) is 5.43 Å². The summed E-state index contributed by atoms with van der Waals surface area (Å²) in [5.74, 6) is 0. The lowest BCUT2D eigenvalue weighted by Gasteiger charge is -2.06. The molecule has 0 aliphatic rings. The second-order valence-corrected chi connectivity index (χ2v) is 4.67. The highest BCUT2D eigenvalue weighted by molar-refractivity contribution is 9.09. The minimum Gasteiger partial charge on any atom is -0.350 e. The largest absolute Gasteiger partial charge is 0.350 e. The lowest BCUT2D eigenvalue weighted by atomic mass is 10.0. The van der Waals surface area contributed by atoms with Crippen molar-refractivity contribution >= 4 is 27.7 Å². The third kappa shape index (κ3) is 3.68. The first-order chi connectivity index (χ1) is 9.70. The standard InChI is InChI=1S/C15H14BrN3O/c16-10-14(18-19-15(17)20)13-8-6-12(7-9-13)11-4-2-1-3-5-11/h1-9H,10H2,(H3,17,19,20)/b18-14+. The van der Waals surface area contributed by atoms with Crippen LogP contribution in [0.3, 0.4) is 0 Å². The Morgan fingerprint density at radius 1 is 1.05 bits per heavy atom. The molecule has 0 bridgehead atoms. The number of hydrazone groups is 1. The average Bonchev–Trinajstić information content (AvgIpc) is 2.49. The smallest absolute Gasteiger partial charge is 0.332 e. The Morgan fingerprint density at radius 2 is 1.65 bits per heavy atom. The van der Waals surface area contributed by atoms with E-state index in [4.69, 9.17) is 5.73 Å². The summed E-state index contributed by atoms with van der Waals surface area (Å²) in [6.45, 7) is 0. The summed E-state index contributed by atoms with van der Waals surface area (Å²) in [6, 6.07) is 17.4.